The number of anilines is 1. The Kier molecular flexibility index (Phi) is 6.52. The van der Waals surface area contributed by atoms with Crippen LogP contribution in [0.3, 0.4) is 0 Å². The number of halogens is 2. The zero-order valence-corrected chi connectivity index (χ0v) is 21.4. The van der Waals surface area contributed by atoms with E-state index in [1.807, 2.05) is 31.4 Å². The van der Waals surface area contributed by atoms with Crippen LogP contribution < -0.4 is 10.2 Å². The number of rotatable bonds is 6. The Morgan fingerprint density at radius 1 is 1.16 bits per heavy atom. The van der Waals surface area contributed by atoms with Gasteiger partial charge in [0, 0.05) is 72.2 Å². The Balaban J connectivity index is 1.15. The number of H-pyrrole nitrogens is 1. The summed E-state index contributed by atoms with van der Waals surface area (Å²) in [6, 6.07) is 10.4. The number of pyridine rings is 1. The first kappa shape index (κ1) is 24.5. The molecule has 0 unspecified atom stereocenters. The number of aliphatic hydroxyl groups is 1. The van der Waals surface area contributed by atoms with E-state index in [1.165, 1.54) is 12.4 Å². The normalized spacial score (nSPS) is 17.8. The monoisotopic (exact) mass is 532 g/mol. The summed E-state index contributed by atoms with van der Waals surface area (Å²) in [5.41, 5.74) is 4.70. The molecule has 4 aromatic heterocycles. The van der Waals surface area contributed by atoms with Crippen molar-refractivity contribution >= 4 is 28.5 Å². The van der Waals surface area contributed by atoms with Crippen molar-refractivity contribution in [1.29, 1.82) is 0 Å². The Bertz CT molecular complexity index is 1560. The quantitative estimate of drug-likeness (QED) is 0.304. The van der Waals surface area contributed by atoms with Gasteiger partial charge in [0.25, 0.3) is 0 Å². The summed E-state index contributed by atoms with van der Waals surface area (Å²) < 4.78 is 15.8. The molecule has 11 heteroatoms. The Morgan fingerprint density at radius 3 is 2.79 bits per heavy atom. The lowest BCUT2D eigenvalue weighted by Gasteiger charge is -2.37. The van der Waals surface area contributed by atoms with Crippen LogP contribution in [0.25, 0.3) is 33.5 Å². The first-order valence-corrected chi connectivity index (χ1v) is 12.7. The van der Waals surface area contributed by atoms with Gasteiger partial charge in [0.15, 0.2) is 0 Å². The van der Waals surface area contributed by atoms with Crippen molar-refractivity contribution in [2.45, 2.75) is 25.1 Å². The van der Waals surface area contributed by atoms with Gasteiger partial charge in [0.1, 0.15) is 23.6 Å². The molecule has 3 N–H and O–H groups in total. The molecule has 0 amide bonds. The van der Waals surface area contributed by atoms with Gasteiger partial charge in [-0.25, -0.2) is 19.3 Å². The molecular formula is C27H26ClFN8O. The minimum Gasteiger partial charge on any atom is -0.390 e. The molecule has 0 aliphatic carbocycles. The molecule has 0 spiro atoms. The first-order valence-electron chi connectivity index (χ1n) is 12.3. The molecule has 1 aliphatic heterocycles. The molecule has 6 rings (SSSR count). The van der Waals surface area contributed by atoms with Gasteiger partial charge in [-0.05, 0) is 36.8 Å². The van der Waals surface area contributed by atoms with Crippen molar-refractivity contribution in [2.75, 3.05) is 18.0 Å². The molecule has 38 heavy (non-hydrogen) atoms. The fourth-order valence-corrected chi connectivity index (χ4v) is 5.14. The summed E-state index contributed by atoms with van der Waals surface area (Å²) in [4.78, 5) is 19.0. The summed E-state index contributed by atoms with van der Waals surface area (Å²) >= 11 is 6.13. The van der Waals surface area contributed by atoms with Crippen LogP contribution in [0.4, 0.5) is 10.2 Å². The number of benzene rings is 1. The van der Waals surface area contributed by atoms with E-state index in [9.17, 15) is 9.50 Å². The highest BCUT2D eigenvalue weighted by Gasteiger charge is 2.28. The highest BCUT2D eigenvalue weighted by molar-refractivity contribution is 6.31. The number of hydrogen-bond donors (Lipinski definition) is 3. The predicted octanol–water partition coefficient (Wildman–Crippen LogP) is 3.94. The molecule has 194 valence electrons. The van der Waals surface area contributed by atoms with E-state index in [0.29, 0.717) is 30.1 Å². The Morgan fingerprint density at radius 2 is 2.05 bits per heavy atom. The number of aromatic amines is 1. The topological polar surface area (TPSA) is 108 Å². The Hall–Kier alpha value is -3.86. The van der Waals surface area contributed by atoms with Gasteiger partial charge in [-0.1, -0.05) is 17.7 Å². The SMILES string of the molecule is Cn1cc(-c2cc3c(-c4ccc(N5CC[C@H](NCc6c(F)cccc6Cl)[C@H](O)C5)nc4)ncnc3[nH]2)cn1. The number of nitrogens with zero attached hydrogens (tertiary/aromatic N) is 6. The van der Waals surface area contributed by atoms with Crippen molar-refractivity contribution in [3.8, 4) is 22.5 Å². The van der Waals surface area contributed by atoms with Gasteiger partial charge in [0.05, 0.1) is 23.7 Å². The molecule has 1 aromatic carbocycles. The second-order valence-corrected chi connectivity index (χ2v) is 9.87. The number of hydrogen-bond acceptors (Lipinski definition) is 7. The van der Waals surface area contributed by atoms with Gasteiger partial charge < -0.3 is 20.3 Å². The molecule has 1 saturated heterocycles. The molecular weight excluding hydrogens is 507 g/mol. The lowest BCUT2D eigenvalue weighted by Crippen LogP contribution is -2.52. The van der Waals surface area contributed by atoms with E-state index < -0.39 is 6.10 Å². The van der Waals surface area contributed by atoms with E-state index in [1.54, 1.807) is 29.2 Å². The van der Waals surface area contributed by atoms with Crippen LogP contribution >= 0.6 is 11.6 Å². The lowest BCUT2D eigenvalue weighted by molar-refractivity contribution is 0.112. The van der Waals surface area contributed by atoms with Crippen LogP contribution in [0.2, 0.25) is 5.02 Å². The molecule has 1 aliphatic rings. The molecule has 1 fully saturated rings. The number of nitrogens with one attached hydrogen (secondary N) is 2. The van der Waals surface area contributed by atoms with Gasteiger partial charge >= 0.3 is 0 Å². The van der Waals surface area contributed by atoms with Crippen molar-refractivity contribution in [2.24, 2.45) is 7.05 Å². The van der Waals surface area contributed by atoms with E-state index in [-0.39, 0.29) is 18.4 Å². The zero-order valence-electron chi connectivity index (χ0n) is 20.6. The third-order valence-electron chi connectivity index (χ3n) is 6.97. The van der Waals surface area contributed by atoms with Crippen molar-refractivity contribution in [1.82, 2.24) is 35.0 Å². The van der Waals surface area contributed by atoms with Crippen LogP contribution in [0.5, 0.6) is 0 Å². The van der Waals surface area contributed by atoms with Gasteiger partial charge in [0.2, 0.25) is 0 Å². The third-order valence-corrected chi connectivity index (χ3v) is 7.33. The number of β-amino-alcohol motifs (C(OH)–C–C–N with tert-alkyl or cyclic N) is 1. The van der Waals surface area contributed by atoms with Crippen LogP contribution in [0.15, 0.2) is 61.3 Å². The molecule has 5 aromatic rings. The highest BCUT2D eigenvalue weighted by atomic mass is 35.5. The summed E-state index contributed by atoms with van der Waals surface area (Å²) in [6.07, 6.45) is 7.13. The van der Waals surface area contributed by atoms with Gasteiger partial charge in [-0.15, -0.1) is 0 Å². The number of fused-ring (bicyclic) bond motifs is 1. The second-order valence-electron chi connectivity index (χ2n) is 9.46. The van der Waals surface area contributed by atoms with Crippen LogP contribution in [-0.2, 0) is 13.6 Å². The van der Waals surface area contributed by atoms with E-state index in [4.69, 9.17) is 11.6 Å². The standard InChI is InChI=1S/C27H26ClFN8O/c1-36-13-17(11-34-36)23-9-18-26(32-15-33-27(18)35-23)16-5-6-25(31-10-16)37-8-7-22(24(38)14-37)30-12-19-20(28)3-2-4-21(19)29/h2-6,9-11,13,15,22,24,30,38H,7-8,12,14H2,1H3,(H,32,33,35)/t22-,24+/m0/s1. The maximum Gasteiger partial charge on any atom is 0.141 e. The summed E-state index contributed by atoms with van der Waals surface area (Å²) in [5.74, 6) is 0.425. The fourth-order valence-electron chi connectivity index (χ4n) is 4.91. The maximum atomic E-state index is 14.1. The van der Waals surface area contributed by atoms with Gasteiger partial charge in [-0.3, -0.25) is 4.68 Å². The molecule has 0 bridgehead atoms. The van der Waals surface area contributed by atoms with Crippen molar-refractivity contribution in [3.63, 3.8) is 0 Å². The summed E-state index contributed by atoms with van der Waals surface area (Å²) in [7, 11) is 1.88. The molecule has 9 nitrogen and oxygen atoms in total. The van der Waals surface area contributed by atoms with Crippen LogP contribution in [0, 0.1) is 5.82 Å². The minimum absolute atomic E-state index is 0.168. The zero-order chi connectivity index (χ0) is 26.2. The van der Waals surface area contributed by atoms with Crippen molar-refractivity contribution in [3.05, 3.63) is 77.7 Å². The molecule has 0 saturated carbocycles. The second kappa shape index (κ2) is 10.1. The van der Waals surface area contributed by atoms with Gasteiger partial charge in [-0.2, -0.15) is 5.10 Å². The van der Waals surface area contributed by atoms with E-state index >= 15 is 0 Å². The maximum absolute atomic E-state index is 14.1. The summed E-state index contributed by atoms with van der Waals surface area (Å²) in [6.45, 7) is 1.38. The number of aryl methyl sites for hydroxylation is 1. The van der Waals surface area contributed by atoms with E-state index in [0.717, 1.165) is 39.4 Å². The molecule has 0 radical (unpaired) electrons. The highest BCUT2D eigenvalue weighted by Crippen LogP contribution is 2.30. The third kappa shape index (κ3) is 4.73. The fraction of sp³-hybridized carbons (Fsp3) is 0.259. The first-order chi connectivity index (χ1) is 18.5. The lowest BCUT2D eigenvalue weighted by atomic mass is 10.0. The predicted molar refractivity (Wildman–Crippen MR) is 144 cm³/mol. The number of aromatic nitrogens is 6. The van der Waals surface area contributed by atoms with E-state index in [2.05, 4.69) is 35.3 Å². The average molecular weight is 533 g/mol. The van der Waals surface area contributed by atoms with Crippen molar-refractivity contribution < 1.29 is 9.50 Å². The average Bonchev–Trinajstić information content (AvgIpc) is 3.55. The van der Waals surface area contributed by atoms with Crippen LogP contribution in [-0.4, -0.2) is 60.1 Å². The molecule has 2 atom stereocenters. The Labute approximate surface area is 223 Å². The number of piperidine rings is 1. The summed E-state index contributed by atoms with van der Waals surface area (Å²) in [5, 5.41) is 19.6. The number of aliphatic hydroxyl groups excluding tert-OH is 1. The largest absolute Gasteiger partial charge is 0.390 e. The minimum atomic E-state index is -0.636. The molecule has 5 heterocycles. The smallest absolute Gasteiger partial charge is 0.141 e. The van der Waals surface area contributed by atoms with Crippen LogP contribution in [0.1, 0.15) is 12.0 Å².